The molecule has 2 fully saturated rings. The highest BCUT2D eigenvalue weighted by atomic mass is 79.9. The molecule has 11 heteroatoms. The maximum atomic E-state index is 10.1. The molecular weight excluding hydrogens is 384 g/mol. The van der Waals surface area contributed by atoms with Gasteiger partial charge in [-0.3, -0.25) is 0 Å². The van der Waals surface area contributed by atoms with Crippen LogP contribution in [-0.2, 0) is 14.2 Å². The van der Waals surface area contributed by atoms with E-state index in [9.17, 15) is 25.5 Å². The van der Waals surface area contributed by atoms with Crippen LogP contribution < -0.4 is 0 Å². The van der Waals surface area contributed by atoms with Crippen LogP contribution in [0, 0.1) is 0 Å². The van der Waals surface area contributed by atoms with E-state index in [4.69, 9.17) is 24.4 Å². The number of hydrogen-bond acceptors (Lipinski definition) is 10. The van der Waals surface area contributed by atoms with Crippen molar-refractivity contribution in [3.8, 4) is 0 Å². The monoisotopic (exact) mass is 404 g/mol. The maximum absolute atomic E-state index is 10.1. The highest BCUT2D eigenvalue weighted by Gasteiger charge is 2.49. The molecule has 0 aliphatic carbocycles. The van der Waals surface area contributed by atoms with Gasteiger partial charge in [-0.2, -0.15) is 0 Å². The van der Waals surface area contributed by atoms with E-state index in [2.05, 4.69) is 15.9 Å². The molecule has 2 rings (SSSR count). The van der Waals surface area contributed by atoms with Gasteiger partial charge in [0.15, 0.2) is 12.6 Å². The topological polar surface area (TPSA) is 169 Å². The molecule has 136 valence electrons. The lowest BCUT2D eigenvalue weighted by Crippen LogP contribution is -2.63. The van der Waals surface area contributed by atoms with E-state index >= 15 is 0 Å². The summed E-state index contributed by atoms with van der Waals surface area (Å²) in [6, 6.07) is 0. The van der Waals surface area contributed by atoms with E-state index in [-0.39, 0.29) is 0 Å². The van der Waals surface area contributed by atoms with E-state index in [0.717, 1.165) is 0 Å². The molecule has 0 aromatic rings. The Bertz CT molecular complexity index is 385. The minimum absolute atomic E-state index is 0.577. The van der Waals surface area contributed by atoms with Gasteiger partial charge in [0, 0.05) is 0 Å². The van der Waals surface area contributed by atoms with Crippen LogP contribution in [0.5, 0.6) is 0 Å². The number of rotatable bonds is 4. The molecule has 2 heterocycles. The van der Waals surface area contributed by atoms with Gasteiger partial charge in [0.25, 0.3) is 0 Å². The van der Waals surface area contributed by atoms with Crippen molar-refractivity contribution in [2.45, 2.75) is 60.1 Å². The molecule has 0 spiro atoms. The third kappa shape index (κ3) is 3.85. The van der Waals surface area contributed by atoms with Crippen molar-refractivity contribution in [2.75, 3.05) is 13.2 Å². The van der Waals surface area contributed by atoms with Crippen molar-refractivity contribution in [3.63, 3.8) is 0 Å². The van der Waals surface area contributed by atoms with Crippen molar-refractivity contribution in [2.24, 2.45) is 0 Å². The average Bonchev–Trinajstić information content (AvgIpc) is 2.54. The lowest BCUT2D eigenvalue weighted by Gasteiger charge is -2.45. The fraction of sp³-hybridized carbons (Fsp3) is 1.00. The van der Waals surface area contributed by atoms with Crippen LogP contribution in [0.2, 0.25) is 0 Å². The molecular formula is C12H21BrO10. The summed E-state index contributed by atoms with van der Waals surface area (Å²) >= 11 is 3.08. The zero-order valence-electron chi connectivity index (χ0n) is 11.9. The van der Waals surface area contributed by atoms with Crippen LogP contribution in [-0.4, -0.2) is 109 Å². The molecule has 10 atom stereocenters. The summed E-state index contributed by atoms with van der Waals surface area (Å²) in [7, 11) is 0. The number of hydrogen-bond donors (Lipinski definition) is 7. The number of ether oxygens (including phenoxy) is 3. The first-order valence-corrected chi connectivity index (χ1v) is 7.95. The molecule has 0 aromatic heterocycles. The molecule has 23 heavy (non-hydrogen) atoms. The van der Waals surface area contributed by atoms with E-state index < -0.39 is 73.3 Å². The first-order valence-electron chi connectivity index (χ1n) is 7.04. The molecule has 7 N–H and O–H groups in total. The second-order valence-corrected chi connectivity index (χ2v) is 6.54. The largest absolute Gasteiger partial charge is 0.394 e. The Balaban J connectivity index is 2.11. The average molecular weight is 405 g/mol. The minimum atomic E-state index is -1.65. The van der Waals surface area contributed by atoms with E-state index in [0.29, 0.717) is 0 Å². The maximum Gasteiger partial charge on any atom is 0.187 e. The smallest absolute Gasteiger partial charge is 0.187 e. The highest BCUT2D eigenvalue weighted by molar-refractivity contribution is 9.09. The Morgan fingerprint density at radius 2 is 1.35 bits per heavy atom. The van der Waals surface area contributed by atoms with Crippen molar-refractivity contribution >= 4 is 15.9 Å². The van der Waals surface area contributed by atoms with Gasteiger partial charge in [-0.05, 0) is 0 Å². The van der Waals surface area contributed by atoms with Gasteiger partial charge in [0.2, 0.25) is 0 Å². The second-order valence-electron chi connectivity index (χ2n) is 5.48. The lowest BCUT2D eigenvalue weighted by molar-refractivity contribution is -0.334. The van der Waals surface area contributed by atoms with Crippen LogP contribution in [0.1, 0.15) is 0 Å². The first-order chi connectivity index (χ1) is 10.8. The molecule has 2 aliphatic rings. The zero-order valence-corrected chi connectivity index (χ0v) is 13.5. The zero-order chi connectivity index (χ0) is 17.3. The second kappa shape index (κ2) is 7.97. The van der Waals surface area contributed by atoms with E-state index in [1.807, 2.05) is 0 Å². The van der Waals surface area contributed by atoms with Crippen LogP contribution in [0.4, 0.5) is 0 Å². The van der Waals surface area contributed by atoms with Gasteiger partial charge in [-0.25, -0.2) is 0 Å². The molecule has 0 radical (unpaired) electrons. The number of alkyl halides is 1. The van der Waals surface area contributed by atoms with Crippen LogP contribution in [0.3, 0.4) is 0 Å². The third-order valence-electron chi connectivity index (χ3n) is 3.94. The van der Waals surface area contributed by atoms with Gasteiger partial charge >= 0.3 is 0 Å². The Hall–Kier alpha value is 0.0800. The van der Waals surface area contributed by atoms with Crippen LogP contribution >= 0.6 is 15.9 Å². The Labute approximate surface area is 140 Å². The lowest BCUT2D eigenvalue weighted by atomic mass is 9.98. The summed E-state index contributed by atoms with van der Waals surface area (Å²) in [5.41, 5.74) is 0. The number of aliphatic hydroxyl groups is 7. The Kier molecular flexibility index (Phi) is 6.73. The normalized spacial score (nSPS) is 51.7. The van der Waals surface area contributed by atoms with Gasteiger partial charge in [-0.15, -0.1) is 0 Å². The van der Waals surface area contributed by atoms with Gasteiger partial charge in [0.1, 0.15) is 42.7 Å². The molecule has 2 aliphatic heterocycles. The summed E-state index contributed by atoms with van der Waals surface area (Å²) in [6.45, 7) is -1.20. The van der Waals surface area contributed by atoms with Gasteiger partial charge in [-0.1, -0.05) is 15.9 Å². The molecule has 0 aromatic carbocycles. The number of aliphatic hydroxyl groups excluding tert-OH is 7. The quantitative estimate of drug-likeness (QED) is 0.229. The molecule has 0 saturated carbocycles. The summed E-state index contributed by atoms with van der Waals surface area (Å²) in [4.78, 5) is -0.910. The summed E-state index contributed by atoms with van der Waals surface area (Å²) in [5.74, 6) is 0. The van der Waals surface area contributed by atoms with Crippen molar-refractivity contribution in [1.29, 1.82) is 0 Å². The molecule has 4 unspecified atom stereocenters. The van der Waals surface area contributed by atoms with E-state index in [1.54, 1.807) is 0 Å². The molecule has 10 nitrogen and oxygen atoms in total. The first kappa shape index (κ1) is 19.4. The van der Waals surface area contributed by atoms with Crippen molar-refractivity contribution in [1.82, 2.24) is 0 Å². The fourth-order valence-corrected chi connectivity index (χ4v) is 3.10. The summed E-state index contributed by atoms with van der Waals surface area (Å²) < 4.78 is 15.6. The SMILES string of the molecule is OCC1OC(O[C@H]2[C@@H](O)C(CO)OC(O)[C@@H]2Br)[C@H](O)[C@@H](O)[C@H]1O. The highest BCUT2D eigenvalue weighted by Crippen LogP contribution is 2.31. The van der Waals surface area contributed by atoms with Crippen molar-refractivity contribution in [3.05, 3.63) is 0 Å². The molecule has 0 bridgehead atoms. The van der Waals surface area contributed by atoms with Crippen LogP contribution in [0.15, 0.2) is 0 Å². The predicted molar refractivity (Wildman–Crippen MR) is 75.3 cm³/mol. The molecule has 2 saturated heterocycles. The predicted octanol–water partition coefficient (Wildman–Crippen LogP) is -3.99. The minimum Gasteiger partial charge on any atom is -0.394 e. The Morgan fingerprint density at radius 3 is 1.91 bits per heavy atom. The number of halogens is 1. The fourth-order valence-electron chi connectivity index (χ4n) is 2.54. The third-order valence-corrected chi connectivity index (χ3v) is 4.91. The molecule has 0 amide bonds. The van der Waals surface area contributed by atoms with Gasteiger partial charge < -0.3 is 50.0 Å². The van der Waals surface area contributed by atoms with Crippen molar-refractivity contribution < 1.29 is 50.0 Å². The Morgan fingerprint density at radius 1 is 0.783 bits per heavy atom. The van der Waals surface area contributed by atoms with Crippen LogP contribution in [0.25, 0.3) is 0 Å². The summed E-state index contributed by atoms with van der Waals surface area (Å²) in [6.07, 6.45) is -12.5. The van der Waals surface area contributed by atoms with E-state index in [1.165, 1.54) is 0 Å². The van der Waals surface area contributed by atoms with Gasteiger partial charge in [0.05, 0.1) is 18.0 Å². The standard InChI is InChI=1S/C12H21BrO10/c13-5-10(7(17)4(2-15)21-11(5)20)23-12-9(19)8(18)6(16)3(1-14)22-12/h3-12,14-20H,1-2H2/t3?,4?,5-,6+,7+,8+,9-,10-,11?,12?/m1/s1. The summed E-state index contributed by atoms with van der Waals surface area (Å²) in [5, 5.41) is 67.5.